The summed E-state index contributed by atoms with van der Waals surface area (Å²) in [4.78, 5) is 20.4. The first-order valence-electron chi connectivity index (χ1n) is 3.52. The molecule has 1 aromatic rings. The van der Waals surface area contributed by atoms with E-state index in [-0.39, 0.29) is 12.3 Å². The van der Waals surface area contributed by atoms with Gasteiger partial charge < -0.3 is 14.9 Å². The molecule has 0 aliphatic carbocycles. The summed E-state index contributed by atoms with van der Waals surface area (Å²) >= 11 is 0. The van der Waals surface area contributed by atoms with Crippen LogP contribution < -0.4 is 0 Å². The minimum absolute atomic E-state index is 0.0199. The van der Waals surface area contributed by atoms with Gasteiger partial charge in [0.1, 0.15) is 0 Å². The molecule has 0 unspecified atom stereocenters. The first-order valence-corrected chi connectivity index (χ1v) is 3.52. The van der Waals surface area contributed by atoms with Crippen LogP contribution >= 0.6 is 0 Å². The largest absolute Gasteiger partial charge is 0.461 e. The van der Waals surface area contributed by atoms with Gasteiger partial charge in [0.05, 0.1) is 17.8 Å². The van der Waals surface area contributed by atoms with Crippen LogP contribution in [0.1, 0.15) is 17.4 Å². The third kappa shape index (κ3) is 2.01. The standard InChI is InChI=1S/C6H7N3O4/c1-2-13-6(10)4-3-5(8-7-4)9(11)12/h3H,2H2,1H3,(H,7,8). The Morgan fingerprint density at radius 1 is 1.85 bits per heavy atom. The number of carbonyl (C=O) groups excluding carboxylic acids is 1. The number of aromatic amines is 1. The molecule has 1 heterocycles. The van der Waals surface area contributed by atoms with Crippen LogP contribution in [0.4, 0.5) is 5.82 Å². The van der Waals surface area contributed by atoms with Crippen LogP contribution in [-0.2, 0) is 4.74 Å². The quantitative estimate of drug-likeness (QED) is 0.420. The molecule has 0 amide bonds. The lowest BCUT2D eigenvalue weighted by Crippen LogP contribution is -2.04. The maximum Gasteiger partial charge on any atom is 0.390 e. The molecule has 0 aromatic carbocycles. The molecule has 0 fully saturated rings. The summed E-state index contributed by atoms with van der Waals surface area (Å²) < 4.78 is 4.59. The van der Waals surface area contributed by atoms with Crippen molar-refractivity contribution in [3.63, 3.8) is 0 Å². The summed E-state index contributed by atoms with van der Waals surface area (Å²) in [5.74, 6) is -1.05. The molecule has 70 valence electrons. The fraction of sp³-hybridized carbons (Fsp3) is 0.333. The average molecular weight is 185 g/mol. The maximum absolute atomic E-state index is 11.0. The number of hydrogen-bond acceptors (Lipinski definition) is 5. The van der Waals surface area contributed by atoms with Gasteiger partial charge in [-0.3, -0.25) is 0 Å². The molecule has 1 rings (SSSR count). The number of ether oxygens (including phenoxy) is 1. The van der Waals surface area contributed by atoms with Gasteiger partial charge in [0.2, 0.25) is 0 Å². The van der Waals surface area contributed by atoms with Crippen LogP contribution in [0.25, 0.3) is 0 Å². The van der Waals surface area contributed by atoms with Crippen molar-refractivity contribution in [2.75, 3.05) is 6.61 Å². The first kappa shape index (κ1) is 9.17. The monoisotopic (exact) mass is 185 g/mol. The lowest BCUT2D eigenvalue weighted by atomic mass is 10.4. The Morgan fingerprint density at radius 3 is 3.00 bits per heavy atom. The van der Waals surface area contributed by atoms with Crippen molar-refractivity contribution in [3.05, 3.63) is 21.9 Å². The number of carbonyl (C=O) groups is 1. The normalized spacial score (nSPS) is 9.62. The highest BCUT2D eigenvalue weighted by Gasteiger charge is 2.17. The molecule has 0 radical (unpaired) electrons. The van der Waals surface area contributed by atoms with Crippen LogP contribution in [0.2, 0.25) is 0 Å². The van der Waals surface area contributed by atoms with E-state index >= 15 is 0 Å². The summed E-state index contributed by atoms with van der Waals surface area (Å²) in [6.45, 7) is 1.86. The number of H-pyrrole nitrogens is 1. The third-order valence-corrected chi connectivity index (χ3v) is 1.25. The number of hydrogen-bond donors (Lipinski definition) is 1. The SMILES string of the molecule is CCOC(=O)c1cc([N+](=O)[O-])n[nH]1. The minimum atomic E-state index is -0.695. The van der Waals surface area contributed by atoms with Gasteiger partial charge in [0, 0.05) is 0 Å². The van der Waals surface area contributed by atoms with Gasteiger partial charge in [-0.1, -0.05) is 0 Å². The third-order valence-electron chi connectivity index (χ3n) is 1.25. The lowest BCUT2D eigenvalue weighted by molar-refractivity contribution is -0.389. The maximum atomic E-state index is 11.0. The van der Waals surface area contributed by atoms with Gasteiger partial charge in [-0.2, -0.15) is 5.10 Å². The van der Waals surface area contributed by atoms with Crippen molar-refractivity contribution in [2.24, 2.45) is 0 Å². The second kappa shape index (κ2) is 3.65. The highest BCUT2D eigenvalue weighted by molar-refractivity contribution is 5.87. The van der Waals surface area contributed by atoms with E-state index in [1.807, 2.05) is 0 Å². The summed E-state index contributed by atoms with van der Waals surface area (Å²) in [5, 5.41) is 15.7. The molecule has 13 heavy (non-hydrogen) atoms. The van der Waals surface area contributed by atoms with Crippen molar-refractivity contribution in [2.45, 2.75) is 6.92 Å². The Labute approximate surface area is 72.9 Å². The van der Waals surface area contributed by atoms with E-state index in [1.54, 1.807) is 6.92 Å². The highest BCUT2D eigenvalue weighted by atomic mass is 16.6. The zero-order valence-corrected chi connectivity index (χ0v) is 6.81. The molecular weight excluding hydrogens is 178 g/mol. The van der Waals surface area contributed by atoms with E-state index in [1.165, 1.54) is 0 Å². The van der Waals surface area contributed by atoms with Crippen LogP contribution in [0, 0.1) is 10.1 Å². The van der Waals surface area contributed by atoms with Gasteiger partial charge in [0.15, 0.2) is 5.69 Å². The fourth-order valence-electron chi connectivity index (χ4n) is 0.718. The Kier molecular flexibility index (Phi) is 2.58. The van der Waals surface area contributed by atoms with E-state index < -0.39 is 16.7 Å². The van der Waals surface area contributed by atoms with Gasteiger partial charge in [-0.15, -0.1) is 0 Å². The molecule has 1 N–H and O–H groups in total. The number of nitro groups is 1. The molecule has 0 aliphatic heterocycles. The summed E-state index contributed by atoms with van der Waals surface area (Å²) in [6.07, 6.45) is 0. The van der Waals surface area contributed by atoms with Crippen molar-refractivity contribution >= 4 is 11.8 Å². The Bertz CT molecular complexity index is 332. The second-order valence-corrected chi connectivity index (χ2v) is 2.12. The van der Waals surface area contributed by atoms with Crippen molar-refractivity contribution in [1.82, 2.24) is 10.2 Å². The van der Waals surface area contributed by atoms with Crippen molar-refractivity contribution in [1.29, 1.82) is 0 Å². The Balaban J connectivity index is 2.79. The van der Waals surface area contributed by atoms with Crippen molar-refractivity contribution in [3.8, 4) is 0 Å². The molecule has 0 atom stereocenters. The number of esters is 1. The summed E-state index contributed by atoms with van der Waals surface area (Å²) in [5.41, 5.74) is -0.0199. The van der Waals surface area contributed by atoms with Crippen LogP contribution in [0.15, 0.2) is 6.07 Å². The van der Waals surface area contributed by atoms with Gasteiger partial charge in [-0.05, 0) is 11.8 Å². The number of nitrogens with zero attached hydrogens (tertiary/aromatic N) is 2. The van der Waals surface area contributed by atoms with Gasteiger partial charge in [0.25, 0.3) is 0 Å². The smallest absolute Gasteiger partial charge is 0.390 e. The molecule has 0 spiro atoms. The Morgan fingerprint density at radius 2 is 2.54 bits per heavy atom. The molecule has 7 nitrogen and oxygen atoms in total. The lowest BCUT2D eigenvalue weighted by Gasteiger charge is -1.94. The van der Waals surface area contributed by atoms with E-state index in [0.717, 1.165) is 6.07 Å². The molecular formula is C6H7N3O4. The topological polar surface area (TPSA) is 98.1 Å². The van der Waals surface area contributed by atoms with E-state index in [0.29, 0.717) is 0 Å². The van der Waals surface area contributed by atoms with E-state index in [9.17, 15) is 14.9 Å². The number of rotatable bonds is 3. The zero-order valence-electron chi connectivity index (χ0n) is 6.81. The average Bonchev–Trinajstić information content (AvgIpc) is 2.52. The molecule has 0 saturated heterocycles. The minimum Gasteiger partial charge on any atom is -0.461 e. The Hall–Kier alpha value is -1.92. The predicted octanol–water partition coefficient (Wildman–Crippen LogP) is 0.495. The van der Waals surface area contributed by atoms with Crippen LogP contribution in [0.5, 0.6) is 0 Å². The molecule has 0 bridgehead atoms. The van der Waals surface area contributed by atoms with Crippen molar-refractivity contribution < 1.29 is 14.5 Å². The number of nitrogens with one attached hydrogen (secondary N) is 1. The van der Waals surface area contributed by atoms with Gasteiger partial charge >= 0.3 is 11.8 Å². The summed E-state index contributed by atoms with van der Waals surface area (Å²) in [6, 6.07) is 1.03. The van der Waals surface area contributed by atoms with E-state index in [2.05, 4.69) is 14.9 Å². The molecule has 0 saturated carbocycles. The van der Waals surface area contributed by atoms with Crippen LogP contribution in [-0.4, -0.2) is 27.7 Å². The highest BCUT2D eigenvalue weighted by Crippen LogP contribution is 2.08. The molecule has 0 aliphatic rings. The van der Waals surface area contributed by atoms with E-state index in [4.69, 9.17) is 0 Å². The van der Waals surface area contributed by atoms with Gasteiger partial charge in [-0.25, -0.2) is 4.79 Å². The molecule has 1 aromatic heterocycles. The number of aromatic nitrogens is 2. The summed E-state index contributed by atoms with van der Waals surface area (Å²) in [7, 11) is 0. The fourth-order valence-corrected chi connectivity index (χ4v) is 0.718. The zero-order chi connectivity index (χ0) is 9.84. The van der Waals surface area contributed by atoms with Crippen LogP contribution in [0.3, 0.4) is 0 Å². The second-order valence-electron chi connectivity index (χ2n) is 2.12. The molecule has 7 heteroatoms. The first-order chi connectivity index (χ1) is 6.15. The predicted molar refractivity (Wildman–Crippen MR) is 41.2 cm³/mol.